The fourth-order valence-electron chi connectivity index (χ4n) is 2.73. The molecule has 26 heavy (non-hydrogen) atoms. The molecule has 0 radical (unpaired) electrons. The molecule has 3 rings (SSSR count). The summed E-state index contributed by atoms with van der Waals surface area (Å²) in [4.78, 5) is 29.2. The van der Waals surface area contributed by atoms with Crippen LogP contribution in [0, 0.1) is 5.82 Å². The number of nitrogens with zero attached hydrogens (tertiary/aromatic N) is 2. The molecular weight excluding hydrogens is 375 g/mol. The number of halogens is 2. The maximum atomic E-state index is 12.9. The maximum absolute atomic E-state index is 12.9. The van der Waals surface area contributed by atoms with Crippen LogP contribution in [0.25, 0.3) is 0 Å². The van der Waals surface area contributed by atoms with E-state index in [0.29, 0.717) is 42.5 Å². The van der Waals surface area contributed by atoms with Crippen LogP contribution in [0.3, 0.4) is 0 Å². The fourth-order valence-corrected chi connectivity index (χ4v) is 3.72. The van der Waals surface area contributed by atoms with Crippen molar-refractivity contribution in [3.8, 4) is 0 Å². The van der Waals surface area contributed by atoms with Crippen molar-refractivity contribution in [2.75, 3.05) is 31.9 Å². The molecule has 0 bridgehead atoms. The molecule has 0 unspecified atom stereocenters. The van der Waals surface area contributed by atoms with Crippen molar-refractivity contribution in [3.05, 3.63) is 64.9 Å². The number of carbonyl (C=O) groups excluding carboxylic acids is 2. The van der Waals surface area contributed by atoms with E-state index >= 15 is 0 Å². The van der Waals surface area contributed by atoms with Crippen LogP contribution in [0.4, 0.5) is 4.39 Å². The Hall–Kier alpha value is -2.05. The molecule has 1 saturated heterocycles. The molecule has 0 atom stereocenters. The zero-order valence-corrected chi connectivity index (χ0v) is 15.6. The smallest absolute Gasteiger partial charge is 0.254 e. The highest BCUT2D eigenvalue weighted by atomic mass is 35.5. The van der Waals surface area contributed by atoms with Crippen LogP contribution in [-0.2, 0) is 4.79 Å². The summed E-state index contributed by atoms with van der Waals surface area (Å²) in [7, 11) is 0. The van der Waals surface area contributed by atoms with Gasteiger partial charge in [0, 0.05) is 41.7 Å². The van der Waals surface area contributed by atoms with E-state index in [4.69, 9.17) is 11.6 Å². The van der Waals surface area contributed by atoms with E-state index in [9.17, 15) is 14.0 Å². The molecule has 2 aromatic carbocycles. The van der Waals surface area contributed by atoms with Gasteiger partial charge >= 0.3 is 0 Å². The Morgan fingerprint density at radius 2 is 1.65 bits per heavy atom. The molecule has 0 saturated carbocycles. The van der Waals surface area contributed by atoms with Crippen LogP contribution in [0.1, 0.15) is 10.4 Å². The van der Waals surface area contributed by atoms with Gasteiger partial charge in [0.15, 0.2) is 0 Å². The molecule has 7 heteroatoms. The van der Waals surface area contributed by atoms with Crippen LogP contribution in [0.5, 0.6) is 0 Å². The summed E-state index contributed by atoms with van der Waals surface area (Å²) < 4.78 is 12.9. The highest BCUT2D eigenvalue weighted by Crippen LogP contribution is 2.19. The quantitative estimate of drug-likeness (QED) is 0.747. The normalized spacial score (nSPS) is 14.4. The van der Waals surface area contributed by atoms with Gasteiger partial charge in [-0.05, 0) is 42.5 Å². The first-order chi connectivity index (χ1) is 12.5. The molecule has 2 amide bonds. The van der Waals surface area contributed by atoms with Gasteiger partial charge in [-0.15, -0.1) is 11.8 Å². The molecule has 1 heterocycles. The third-order valence-electron chi connectivity index (χ3n) is 4.17. The molecule has 1 aliphatic rings. The lowest BCUT2D eigenvalue weighted by Gasteiger charge is -2.34. The van der Waals surface area contributed by atoms with Gasteiger partial charge in [0.25, 0.3) is 5.91 Å². The van der Waals surface area contributed by atoms with Gasteiger partial charge in [-0.1, -0.05) is 17.7 Å². The number of hydrogen-bond acceptors (Lipinski definition) is 3. The van der Waals surface area contributed by atoms with Crippen molar-refractivity contribution in [1.29, 1.82) is 0 Å². The lowest BCUT2D eigenvalue weighted by molar-refractivity contribution is -0.129. The third-order valence-corrected chi connectivity index (χ3v) is 5.40. The number of piperazine rings is 1. The van der Waals surface area contributed by atoms with E-state index in [0.717, 1.165) is 4.90 Å². The van der Waals surface area contributed by atoms with Crippen LogP contribution >= 0.6 is 23.4 Å². The third kappa shape index (κ3) is 4.77. The molecule has 0 aromatic heterocycles. The van der Waals surface area contributed by atoms with Crippen molar-refractivity contribution in [2.45, 2.75) is 4.90 Å². The van der Waals surface area contributed by atoms with Crippen LogP contribution in [0.15, 0.2) is 53.4 Å². The van der Waals surface area contributed by atoms with Gasteiger partial charge in [0.2, 0.25) is 5.91 Å². The molecule has 2 aromatic rings. The van der Waals surface area contributed by atoms with E-state index in [1.807, 2.05) is 0 Å². The van der Waals surface area contributed by atoms with Crippen molar-refractivity contribution < 1.29 is 14.0 Å². The first-order valence-corrected chi connectivity index (χ1v) is 9.60. The molecule has 0 spiro atoms. The number of benzene rings is 2. The molecule has 1 aliphatic heterocycles. The lowest BCUT2D eigenvalue weighted by atomic mass is 10.2. The predicted octanol–water partition coefficient (Wildman–Crippen LogP) is 3.56. The summed E-state index contributed by atoms with van der Waals surface area (Å²) in [5, 5.41) is 0.530. The zero-order chi connectivity index (χ0) is 18.5. The fraction of sp³-hybridized carbons (Fsp3) is 0.263. The number of hydrogen-bond donors (Lipinski definition) is 0. The van der Waals surface area contributed by atoms with E-state index in [1.165, 1.54) is 23.9 Å². The van der Waals surface area contributed by atoms with Gasteiger partial charge in [-0.2, -0.15) is 0 Å². The molecular formula is C19H18ClFN2O2S. The second-order valence-corrected chi connectivity index (χ2v) is 7.41. The minimum Gasteiger partial charge on any atom is -0.338 e. The summed E-state index contributed by atoms with van der Waals surface area (Å²) in [6.07, 6.45) is 0. The van der Waals surface area contributed by atoms with Gasteiger partial charge in [0.1, 0.15) is 5.82 Å². The van der Waals surface area contributed by atoms with Crippen molar-refractivity contribution in [2.24, 2.45) is 0 Å². The largest absolute Gasteiger partial charge is 0.338 e. The minimum absolute atomic E-state index is 0.0224. The summed E-state index contributed by atoms with van der Waals surface area (Å²) in [6, 6.07) is 13.0. The summed E-state index contributed by atoms with van der Waals surface area (Å²) >= 11 is 7.32. The van der Waals surface area contributed by atoms with Crippen molar-refractivity contribution in [3.63, 3.8) is 0 Å². The number of carbonyl (C=O) groups is 2. The highest BCUT2D eigenvalue weighted by molar-refractivity contribution is 8.00. The SMILES string of the molecule is O=C(CSc1ccc(F)cc1)N1CCN(C(=O)c2cccc(Cl)c2)CC1. The molecule has 1 fully saturated rings. The predicted molar refractivity (Wildman–Crippen MR) is 101 cm³/mol. The Kier molecular flexibility index (Phi) is 6.16. The molecule has 0 aliphatic carbocycles. The maximum Gasteiger partial charge on any atom is 0.254 e. The average molecular weight is 393 g/mol. The van der Waals surface area contributed by atoms with Gasteiger partial charge < -0.3 is 9.80 Å². The minimum atomic E-state index is -0.291. The van der Waals surface area contributed by atoms with Crippen LogP contribution in [-0.4, -0.2) is 53.5 Å². The molecule has 0 N–H and O–H groups in total. The Bertz CT molecular complexity index is 792. The average Bonchev–Trinajstić information content (AvgIpc) is 2.67. The second-order valence-electron chi connectivity index (χ2n) is 5.93. The Balaban J connectivity index is 1.49. The second kappa shape index (κ2) is 8.56. The Morgan fingerprint density at radius 3 is 2.31 bits per heavy atom. The van der Waals surface area contributed by atoms with E-state index in [-0.39, 0.29) is 17.6 Å². The van der Waals surface area contributed by atoms with E-state index < -0.39 is 0 Å². The topological polar surface area (TPSA) is 40.6 Å². The Morgan fingerprint density at radius 1 is 1.00 bits per heavy atom. The summed E-state index contributed by atoms with van der Waals surface area (Å²) in [5.41, 5.74) is 0.559. The molecule has 4 nitrogen and oxygen atoms in total. The van der Waals surface area contributed by atoms with Crippen molar-refractivity contribution >= 4 is 35.2 Å². The van der Waals surface area contributed by atoms with Crippen LogP contribution < -0.4 is 0 Å². The molecule has 136 valence electrons. The number of thioether (sulfide) groups is 1. The van der Waals surface area contributed by atoms with E-state index in [2.05, 4.69) is 0 Å². The summed E-state index contributed by atoms with van der Waals surface area (Å²) in [5.74, 6) is -0.0379. The highest BCUT2D eigenvalue weighted by Gasteiger charge is 2.24. The van der Waals surface area contributed by atoms with Crippen molar-refractivity contribution in [1.82, 2.24) is 9.80 Å². The summed E-state index contributed by atoms with van der Waals surface area (Å²) in [6.45, 7) is 2.01. The van der Waals surface area contributed by atoms with Gasteiger partial charge in [0.05, 0.1) is 5.75 Å². The lowest BCUT2D eigenvalue weighted by Crippen LogP contribution is -2.51. The number of rotatable bonds is 4. The monoisotopic (exact) mass is 392 g/mol. The van der Waals surface area contributed by atoms with E-state index in [1.54, 1.807) is 46.2 Å². The zero-order valence-electron chi connectivity index (χ0n) is 14.0. The number of amides is 2. The first-order valence-electron chi connectivity index (χ1n) is 8.24. The van der Waals surface area contributed by atoms with Gasteiger partial charge in [-0.3, -0.25) is 9.59 Å². The van der Waals surface area contributed by atoms with Gasteiger partial charge in [-0.25, -0.2) is 4.39 Å². The Labute approximate surface area is 160 Å². The standard InChI is InChI=1S/C19H18ClFN2O2S/c20-15-3-1-2-14(12-15)19(25)23-10-8-22(9-11-23)18(24)13-26-17-6-4-16(21)5-7-17/h1-7,12H,8-11,13H2. The first kappa shape index (κ1) is 18.7. The van der Waals surface area contributed by atoms with Crippen LogP contribution in [0.2, 0.25) is 5.02 Å².